The molecule has 1 aliphatic heterocycles. The molecule has 5 rings (SSSR count). The molecule has 1 N–H and O–H groups in total. The second-order valence-electron chi connectivity index (χ2n) is 8.71. The van der Waals surface area contributed by atoms with Crippen molar-refractivity contribution in [3.63, 3.8) is 0 Å². The third-order valence-corrected chi connectivity index (χ3v) is 6.46. The zero-order chi connectivity index (χ0) is 24.4. The van der Waals surface area contributed by atoms with Crippen LogP contribution >= 0.6 is 0 Å². The number of hydrogen-bond donors (Lipinski definition) is 1. The number of nitrogens with one attached hydrogen (secondary N) is 1. The Bertz CT molecular complexity index is 1390. The number of rotatable bonds is 7. The highest BCUT2D eigenvalue weighted by Crippen LogP contribution is 2.34. The number of carbonyl (C=O) groups is 2. The van der Waals surface area contributed by atoms with Gasteiger partial charge in [-0.3, -0.25) is 14.5 Å². The van der Waals surface area contributed by atoms with E-state index in [2.05, 4.69) is 22.0 Å². The molecule has 1 aromatic heterocycles. The van der Waals surface area contributed by atoms with E-state index in [-0.39, 0.29) is 18.4 Å². The van der Waals surface area contributed by atoms with Crippen LogP contribution in [-0.2, 0) is 29.5 Å². The number of aryl methyl sites for hydroxylation is 3. The van der Waals surface area contributed by atoms with Crippen LogP contribution in [0.1, 0.15) is 24.7 Å². The number of fused-ring (bicyclic) bond motifs is 2. The van der Waals surface area contributed by atoms with Gasteiger partial charge < -0.3 is 14.6 Å². The summed E-state index contributed by atoms with van der Waals surface area (Å²) in [6.07, 6.45) is 2.07. The van der Waals surface area contributed by atoms with E-state index in [1.165, 1.54) is 0 Å². The second kappa shape index (κ2) is 9.62. The highest BCUT2D eigenvalue weighted by atomic mass is 16.5. The lowest BCUT2D eigenvalue weighted by atomic mass is 10.1. The number of aromatic nitrogens is 2. The molecular formula is C28H28N4O3. The summed E-state index contributed by atoms with van der Waals surface area (Å²) in [7, 11) is 2.04. The van der Waals surface area contributed by atoms with Crippen LogP contribution in [0.3, 0.4) is 0 Å². The van der Waals surface area contributed by atoms with Crippen molar-refractivity contribution in [3.05, 3.63) is 84.2 Å². The monoisotopic (exact) mass is 468 g/mol. The molecule has 1 unspecified atom stereocenters. The van der Waals surface area contributed by atoms with Crippen molar-refractivity contribution in [2.75, 3.05) is 16.8 Å². The molecule has 0 bridgehead atoms. The molecule has 0 aliphatic carbocycles. The fourth-order valence-corrected chi connectivity index (χ4v) is 4.65. The van der Waals surface area contributed by atoms with Gasteiger partial charge in [0.05, 0.1) is 16.7 Å². The maximum absolute atomic E-state index is 13.3. The van der Waals surface area contributed by atoms with Gasteiger partial charge in [0.1, 0.15) is 17.6 Å². The average Bonchev–Trinajstić information content (AvgIpc) is 3.20. The van der Waals surface area contributed by atoms with Crippen molar-refractivity contribution in [2.45, 2.75) is 32.2 Å². The van der Waals surface area contributed by atoms with Crippen LogP contribution in [0.25, 0.3) is 11.0 Å². The number of benzene rings is 3. The highest BCUT2D eigenvalue weighted by molar-refractivity contribution is 6.07. The zero-order valence-electron chi connectivity index (χ0n) is 19.9. The van der Waals surface area contributed by atoms with Crippen LogP contribution in [0.4, 0.5) is 11.4 Å². The molecule has 0 spiro atoms. The minimum absolute atomic E-state index is 0.0710. The SMILES string of the molecule is CCC(C(=O)Nc1cccc(CCc2nc3ccccc3n2C)c1)N1C(=O)COc2ccccc21. The maximum atomic E-state index is 13.3. The summed E-state index contributed by atoms with van der Waals surface area (Å²) in [6.45, 7) is 1.83. The molecule has 7 heteroatoms. The van der Waals surface area contributed by atoms with E-state index in [1.807, 2.05) is 74.6 Å². The van der Waals surface area contributed by atoms with Crippen LogP contribution in [-0.4, -0.2) is 34.0 Å². The molecule has 4 aromatic rings. The lowest BCUT2D eigenvalue weighted by Gasteiger charge is -2.34. The molecule has 7 nitrogen and oxygen atoms in total. The van der Waals surface area contributed by atoms with Gasteiger partial charge in [0.2, 0.25) is 5.91 Å². The summed E-state index contributed by atoms with van der Waals surface area (Å²) in [5, 5.41) is 3.02. The van der Waals surface area contributed by atoms with Crippen LogP contribution in [0, 0.1) is 0 Å². The zero-order valence-corrected chi connectivity index (χ0v) is 19.9. The van der Waals surface area contributed by atoms with E-state index in [1.54, 1.807) is 4.90 Å². The number of nitrogens with zero attached hydrogens (tertiary/aromatic N) is 3. The predicted molar refractivity (Wildman–Crippen MR) is 137 cm³/mol. The standard InChI is InChI=1S/C28H28N4O3/c1-3-22(32-24-13-6-7-14-25(24)35-18-27(32)33)28(34)29-20-10-8-9-19(17-20)15-16-26-30-21-11-4-5-12-23(21)31(26)2/h4-14,17,22H,3,15-16,18H2,1-2H3,(H,29,34). The number of carbonyl (C=O) groups excluding carboxylic acids is 2. The number of para-hydroxylation sites is 4. The summed E-state index contributed by atoms with van der Waals surface area (Å²) >= 11 is 0. The molecule has 2 heterocycles. The van der Waals surface area contributed by atoms with Crippen LogP contribution in [0.2, 0.25) is 0 Å². The minimum Gasteiger partial charge on any atom is -0.482 e. The largest absolute Gasteiger partial charge is 0.482 e. The Kier molecular flexibility index (Phi) is 6.23. The van der Waals surface area contributed by atoms with E-state index >= 15 is 0 Å². The van der Waals surface area contributed by atoms with E-state index in [0.29, 0.717) is 23.5 Å². The predicted octanol–water partition coefficient (Wildman–Crippen LogP) is 4.50. The van der Waals surface area contributed by atoms with E-state index in [9.17, 15) is 9.59 Å². The number of imidazole rings is 1. The summed E-state index contributed by atoms with van der Waals surface area (Å²) in [5.74, 6) is 1.20. The summed E-state index contributed by atoms with van der Waals surface area (Å²) in [4.78, 5) is 32.3. The number of ether oxygens (including phenoxy) is 1. The molecular weight excluding hydrogens is 440 g/mol. The molecule has 0 fully saturated rings. The molecule has 35 heavy (non-hydrogen) atoms. The van der Waals surface area contributed by atoms with Crippen LogP contribution in [0.15, 0.2) is 72.8 Å². The van der Waals surface area contributed by atoms with Crippen molar-refractivity contribution < 1.29 is 14.3 Å². The molecule has 0 saturated heterocycles. The number of amides is 2. The first-order valence-corrected chi connectivity index (χ1v) is 11.9. The lowest BCUT2D eigenvalue weighted by molar-refractivity contribution is -0.125. The molecule has 178 valence electrons. The van der Waals surface area contributed by atoms with Crippen molar-refractivity contribution in [3.8, 4) is 5.75 Å². The molecule has 0 saturated carbocycles. The van der Waals surface area contributed by atoms with Crippen molar-refractivity contribution in [1.29, 1.82) is 0 Å². The number of anilines is 2. The first-order valence-electron chi connectivity index (χ1n) is 11.9. The Labute approximate surface area is 204 Å². The fraction of sp³-hybridized carbons (Fsp3) is 0.250. The molecule has 0 radical (unpaired) electrons. The first-order chi connectivity index (χ1) is 17.0. The quantitative estimate of drug-likeness (QED) is 0.433. The van der Waals surface area contributed by atoms with Gasteiger partial charge >= 0.3 is 0 Å². The number of hydrogen-bond acceptors (Lipinski definition) is 4. The Morgan fingerprint density at radius 2 is 1.86 bits per heavy atom. The first kappa shape index (κ1) is 22.7. The second-order valence-corrected chi connectivity index (χ2v) is 8.71. The molecule has 2 amide bonds. The summed E-state index contributed by atoms with van der Waals surface area (Å²) in [5.41, 5.74) is 4.56. The van der Waals surface area contributed by atoms with Gasteiger partial charge in [0.15, 0.2) is 6.61 Å². The summed E-state index contributed by atoms with van der Waals surface area (Å²) < 4.78 is 7.66. The third-order valence-electron chi connectivity index (χ3n) is 6.46. The molecule has 1 aliphatic rings. The molecule has 1 atom stereocenters. The van der Waals surface area contributed by atoms with E-state index in [0.717, 1.165) is 35.3 Å². The molecule has 3 aromatic carbocycles. The Morgan fingerprint density at radius 3 is 2.69 bits per heavy atom. The Hall–Kier alpha value is -4.13. The third kappa shape index (κ3) is 4.49. The lowest BCUT2D eigenvalue weighted by Crippen LogP contribution is -2.51. The van der Waals surface area contributed by atoms with Gasteiger partial charge in [-0.1, -0.05) is 43.3 Å². The van der Waals surface area contributed by atoms with Crippen LogP contribution < -0.4 is 15.0 Å². The van der Waals surface area contributed by atoms with Gasteiger partial charge in [-0.25, -0.2) is 4.98 Å². The smallest absolute Gasteiger partial charge is 0.265 e. The van der Waals surface area contributed by atoms with Crippen LogP contribution in [0.5, 0.6) is 5.75 Å². The Morgan fingerprint density at radius 1 is 1.06 bits per heavy atom. The highest BCUT2D eigenvalue weighted by Gasteiger charge is 2.34. The van der Waals surface area contributed by atoms with Gasteiger partial charge in [-0.2, -0.15) is 0 Å². The van der Waals surface area contributed by atoms with Gasteiger partial charge in [-0.15, -0.1) is 0 Å². The van der Waals surface area contributed by atoms with Crippen molar-refractivity contribution >= 4 is 34.2 Å². The van der Waals surface area contributed by atoms with Crippen molar-refractivity contribution in [2.24, 2.45) is 7.05 Å². The maximum Gasteiger partial charge on any atom is 0.265 e. The van der Waals surface area contributed by atoms with E-state index < -0.39 is 6.04 Å². The minimum atomic E-state index is -0.629. The van der Waals surface area contributed by atoms with Gasteiger partial charge in [0.25, 0.3) is 5.91 Å². The normalized spacial score (nSPS) is 13.9. The van der Waals surface area contributed by atoms with E-state index in [4.69, 9.17) is 9.72 Å². The average molecular weight is 469 g/mol. The topological polar surface area (TPSA) is 76.5 Å². The summed E-state index contributed by atoms with van der Waals surface area (Å²) in [6, 6.07) is 22.7. The van der Waals surface area contributed by atoms with Gasteiger partial charge in [-0.05, 0) is 54.8 Å². The van der Waals surface area contributed by atoms with Crippen molar-refractivity contribution in [1.82, 2.24) is 9.55 Å². The Balaban J connectivity index is 1.30. The fourth-order valence-electron chi connectivity index (χ4n) is 4.65. The van der Waals surface area contributed by atoms with Gasteiger partial charge in [0, 0.05) is 19.2 Å².